The van der Waals surface area contributed by atoms with Gasteiger partial charge in [0.05, 0.1) is 13.2 Å². The minimum Gasteiger partial charge on any atom is -0.481 e. The van der Waals surface area contributed by atoms with Gasteiger partial charge in [0.25, 0.3) is 5.91 Å². The highest BCUT2D eigenvalue weighted by atomic mass is 35.5. The van der Waals surface area contributed by atoms with Gasteiger partial charge < -0.3 is 14.8 Å². The fourth-order valence-electron chi connectivity index (χ4n) is 2.29. The Balaban J connectivity index is 1.74. The fraction of sp³-hybridized carbons (Fsp3) is 0.562. The zero-order valence-corrected chi connectivity index (χ0v) is 13.9. The summed E-state index contributed by atoms with van der Waals surface area (Å²) in [4.78, 5) is 14.3. The Bertz CT molecular complexity index is 504. The highest BCUT2D eigenvalue weighted by Crippen LogP contribution is 2.22. The molecule has 22 heavy (non-hydrogen) atoms. The summed E-state index contributed by atoms with van der Waals surface area (Å²) >= 11 is 5.91. The summed E-state index contributed by atoms with van der Waals surface area (Å²) < 4.78 is 11.0. The van der Waals surface area contributed by atoms with Gasteiger partial charge in [-0.2, -0.15) is 0 Å². The van der Waals surface area contributed by atoms with Crippen molar-refractivity contribution in [2.45, 2.75) is 20.0 Å². The van der Waals surface area contributed by atoms with E-state index in [2.05, 4.69) is 10.2 Å². The molecule has 2 rings (SSSR count). The molecule has 1 aliphatic heterocycles. The van der Waals surface area contributed by atoms with E-state index in [9.17, 15) is 4.79 Å². The Morgan fingerprint density at radius 3 is 2.86 bits per heavy atom. The Hall–Kier alpha value is -1.30. The number of rotatable bonds is 6. The molecular formula is C16H23ClN2O3. The molecule has 1 fully saturated rings. The first kappa shape index (κ1) is 17.1. The second-order valence-electron chi connectivity index (χ2n) is 5.41. The standard InChI is InChI=1S/C16H23ClN2O3/c1-12-11-14(17)3-4-15(12)22-13(2)16(20)18-5-6-19-7-9-21-10-8-19/h3-4,11,13H,5-10H2,1-2H3,(H,18,20). The van der Waals surface area contributed by atoms with E-state index in [0.29, 0.717) is 17.3 Å². The highest BCUT2D eigenvalue weighted by Gasteiger charge is 2.16. The van der Waals surface area contributed by atoms with Crippen LogP contribution in [0.4, 0.5) is 0 Å². The van der Waals surface area contributed by atoms with Gasteiger partial charge in [-0.05, 0) is 37.6 Å². The molecule has 1 heterocycles. The van der Waals surface area contributed by atoms with Crippen molar-refractivity contribution >= 4 is 17.5 Å². The van der Waals surface area contributed by atoms with E-state index in [4.69, 9.17) is 21.1 Å². The number of hydrogen-bond acceptors (Lipinski definition) is 4. The molecule has 122 valence electrons. The number of hydrogen-bond donors (Lipinski definition) is 1. The van der Waals surface area contributed by atoms with Gasteiger partial charge in [0, 0.05) is 31.2 Å². The first-order valence-electron chi connectivity index (χ1n) is 7.57. The predicted octanol–water partition coefficient (Wildman–Crippen LogP) is 1.86. The first-order valence-corrected chi connectivity index (χ1v) is 7.94. The molecule has 1 saturated heterocycles. The Morgan fingerprint density at radius 1 is 1.45 bits per heavy atom. The van der Waals surface area contributed by atoms with Gasteiger partial charge >= 0.3 is 0 Å². The lowest BCUT2D eigenvalue weighted by Gasteiger charge is -2.26. The van der Waals surface area contributed by atoms with E-state index in [0.717, 1.165) is 38.4 Å². The van der Waals surface area contributed by atoms with Crippen molar-refractivity contribution in [1.29, 1.82) is 0 Å². The number of nitrogens with zero attached hydrogens (tertiary/aromatic N) is 1. The Kier molecular flexibility index (Phi) is 6.49. The highest BCUT2D eigenvalue weighted by molar-refractivity contribution is 6.30. The summed E-state index contributed by atoms with van der Waals surface area (Å²) in [7, 11) is 0. The fourth-order valence-corrected chi connectivity index (χ4v) is 2.52. The topological polar surface area (TPSA) is 50.8 Å². The van der Waals surface area contributed by atoms with Crippen molar-refractivity contribution in [1.82, 2.24) is 10.2 Å². The van der Waals surface area contributed by atoms with E-state index in [1.54, 1.807) is 19.1 Å². The average Bonchev–Trinajstić information content (AvgIpc) is 2.51. The summed E-state index contributed by atoms with van der Waals surface area (Å²) in [5.41, 5.74) is 0.917. The zero-order valence-electron chi connectivity index (χ0n) is 13.1. The molecule has 0 aliphatic carbocycles. The first-order chi connectivity index (χ1) is 10.6. The molecule has 0 aromatic heterocycles. The number of halogens is 1. The largest absolute Gasteiger partial charge is 0.481 e. The third kappa shape index (κ3) is 5.16. The van der Waals surface area contributed by atoms with Crippen LogP contribution >= 0.6 is 11.6 Å². The maximum absolute atomic E-state index is 12.1. The van der Waals surface area contributed by atoms with Crippen molar-refractivity contribution in [3.63, 3.8) is 0 Å². The van der Waals surface area contributed by atoms with Crippen LogP contribution in [0.15, 0.2) is 18.2 Å². The second-order valence-corrected chi connectivity index (χ2v) is 5.85. The number of ether oxygens (including phenoxy) is 2. The molecule has 0 spiro atoms. The van der Waals surface area contributed by atoms with Gasteiger partial charge in [0.2, 0.25) is 0 Å². The predicted molar refractivity (Wildman–Crippen MR) is 86.5 cm³/mol. The normalized spacial score (nSPS) is 17.0. The van der Waals surface area contributed by atoms with E-state index in [-0.39, 0.29) is 5.91 Å². The summed E-state index contributed by atoms with van der Waals surface area (Å²) in [5.74, 6) is 0.572. The van der Waals surface area contributed by atoms with Gasteiger partial charge in [-0.3, -0.25) is 9.69 Å². The number of morpholine rings is 1. The minimum atomic E-state index is -0.537. The van der Waals surface area contributed by atoms with Crippen LogP contribution in [0.25, 0.3) is 0 Å². The van der Waals surface area contributed by atoms with E-state index in [1.807, 2.05) is 13.0 Å². The van der Waals surface area contributed by atoms with Gasteiger partial charge in [-0.25, -0.2) is 0 Å². The molecule has 1 aromatic rings. The molecule has 1 aromatic carbocycles. The number of carbonyl (C=O) groups is 1. The van der Waals surface area contributed by atoms with Gasteiger partial charge in [0.1, 0.15) is 5.75 Å². The number of benzene rings is 1. The van der Waals surface area contributed by atoms with Crippen LogP contribution in [-0.2, 0) is 9.53 Å². The lowest BCUT2D eigenvalue weighted by Crippen LogP contribution is -2.43. The van der Waals surface area contributed by atoms with Crippen molar-refractivity contribution in [2.75, 3.05) is 39.4 Å². The molecule has 0 saturated carbocycles. The van der Waals surface area contributed by atoms with E-state index < -0.39 is 6.10 Å². The summed E-state index contributed by atoms with van der Waals surface area (Å²) in [6.45, 7) is 8.49. The van der Waals surface area contributed by atoms with Crippen LogP contribution in [0.1, 0.15) is 12.5 Å². The van der Waals surface area contributed by atoms with Gasteiger partial charge in [-0.15, -0.1) is 0 Å². The van der Waals surface area contributed by atoms with Gasteiger partial charge in [-0.1, -0.05) is 11.6 Å². The van der Waals surface area contributed by atoms with E-state index >= 15 is 0 Å². The van der Waals surface area contributed by atoms with Crippen molar-refractivity contribution in [3.05, 3.63) is 28.8 Å². The second kappa shape index (κ2) is 8.36. The molecule has 0 bridgehead atoms. The van der Waals surface area contributed by atoms with Crippen molar-refractivity contribution in [2.24, 2.45) is 0 Å². The smallest absolute Gasteiger partial charge is 0.260 e. The van der Waals surface area contributed by atoms with Crippen molar-refractivity contribution in [3.8, 4) is 5.75 Å². The third-order valence-corrected chi connectivity index (χ3v) is 3.88. The summed E-state index contributed by atoms with van der Waals surface area (Å²) in [6.07, 6.45) is -0.537. The maximum Gasteiger partial charge on any atom is 0.260 e. The molecular weight excluding hydrogens is 304 g/mol. The van der Waals surface area contributed by atoms with Crippen LogP contribution in [0.5, 0.6) is 5.75 Å². The van der Waals surface area contributed by atoms with Crippen LogP contribution in [0.2, 0.25) is 5.02 Å². The van der Waals surface area contributed by atoms with Crippen LogP contribution in [0, 0.1) is 6.92 Å². The van der Waals surface area contributed by atoms with Gasteiger partial charge in [0.15, 0.2) is 6.10 Å². The SMILES string of the molecule is Cc1cc(Cl)ccc1OC(C)C(=O)NCCN1CCOCC1. The van der Waals surface area contributed by atoms with Crippen molar-refractivity contribution < 1.29 is 14.3 Å². The lowest BCUT2D eigenvalue weighted by atomic mass is 10.2. The quantitative estimate of drug-likeness (QED) is 0.867. The number of nitrogens with one attached hydrogen (secondary N) is 1. The molecule has 0 radical (unpaired) electrons. The molecule has 1 aliphatic rings. The van der Waals surface area contributed by atoms with E-state index in [1.165, 1.54) is 0 Å². The Labute approximate surface area is 136 Å². The number of amides is 1. The van der Waals surface area contributed by atoms with Crippen LogP contribution < -0.4 is 10.1 Å². The third-order valence-electron chi connectivity index (χ3n) is 3.64. The number of carbonyl (C=O) groups excluding carboxylic acids is 1. The number of aryl methyl sites for hydroxylation is 1. The van der Waals surface area contributed by atoms with Crippen LogP contribution in [0.3, 0.4) is 0 Å². The minimum absolute atomic E-state index is 0.109. The monoisotopic (exact) mass is 326 g/mol. The average molecular weight is 327 g/mol. The molecule has 1 N–H and O–H groups in total. The van der Waals surface area contributed by atoms with Crippen LogP contribution in [-0.4, -0.2) is 56.3 Å². The lowest BCUT2D eigenvalue weighted by molar-refractivity contribution is -0.127. The Morgan fingerprint density at radius 2 is 2.18 bits per heavy atom. The molecule has 1 amide bonds. The zero-order chi connectivity index (χ0) is 15.9. The maximum atomic E-state index is 12.1. The molecule has 1 unspecified atom stereocenters. The molecule has 5 nitrogen and oxygen atoms in total. The molecule has 6 heteroatoms. The summed E-state index contributed by atoms with van der Waals surface area (Å²) in [6, 6.07) is 5.36. The summed E-state index contributed by atoms with van der Waals surface area (Å²) in [5, 5.41) is 3.57. The molecule has 1 atom stereocenters.